The molecule has 1 aliphatic rings. The normalized spacial score (nSPS) is 17.0. The molecule has 1 N–H and O–H groups in total. The molecule has 28 heavy (non-hydrogen) atoms. The minimum atomic E-state index is -4.32. The van der Waals surface area contributed by atoms with Gasteiger partial charge in [-0.2, -0.15) is 18.2 Å². The van der Waals surface area contributed by atoms with E-state index in [1.54, 1.807) is 13.0 Å². The van der Waals surface area contributed by atoms with Gasteiger partial charge in [-0.25, -0.2) is 0 Å². The number of carbonyl (C=O) groups excluding carboxylic acids is 1. The summed E-state index contributed by atoms with van der Waals surface area (Å²) in [6, 6.07) is 5.83. The van der Waals surface area contributed by atoms with E-state index in [4.69, 9.17) is 4.52 Å². The summed E-state index contributed by atoms with van der Waals surface area (Å²) in [5.74, 6) is 0.625. The molecule has 1 amide bonds. The molecule has 9 heteroatoms. The summed E-state index contributed by atoms with van der Waals surface area (Å²) in [6.07, 6.45) is 7.40. The molecular weight excluding hydrogens is 391 g/mol. The molecule has 0 radical (unpaired) electrons. The van der Waals surface area contributed by atoms with Gasteiger partial charge in [0, 0.05) is 17.9 Å². The zero-order chi connectivity index (χ0) is 20.2. The molecule has 0 aliphatic heterocycles. The summed E-state index contributed by atoms with van der Waals surface area (Å²) >= 11 is -0.170. The van der Waals surface area contributed by atoms with Crippen LogP contribution < -0.4 is 5.32 Å². The van der Waals surface area contributed by atoms with Gasteiger partial charge in [0.05, 0.1) is 0 Å². The number of rotatable bonds is 5. The second-order valence-electron chi connectivity index (χ2n) is 6.72. The Balaban J connectivity index is 1.67. The smallest absolute Gasteiger partial charge is 0.340 e. The number of nitrogens with one attached hydrogen (secondary N) is 1. The van der Waals surface area contributed by atoms with Gasteiger partial charge < -0.3 is 9.84 Å². The Morgan fingerprint density at radius 2 is 1.89 bits per heavy atom. The zero-order valence-electron chi connectivity index (χ0n) is 15.3. The maximum Gasteiger partial charge on any atom is 0.446 e. The molecular formula is C19H20F3N3O2S. The predicted octanol–water partition coefficient (Wildman–Crippen LogP) is 4.98. The quantitative estimate of drug-likeness (QED) is 0.555. The molecule has 1 aromatic heterocycles. The Labute approximate surface area is 164 Å². The van der Waals surface area contributed by atoms with Crippen LogP contribution in [0.2, 0.25) is 0 Å². The maximum atomic E-state index is 12.5. The summed E-state index contributed by atoms with van der Waals surface area (Å²) in [4.78, 5) is 16.9. The summed E-state index contributed by atoms with van der Waals surface area (Å²) in [5.41, 5.74) is -4.33. The molecule has 0 atom stereocenters. The highest BCUT2D eigenvalue weighted by atomic mass is 32.2. The fourth-order valence-electron chi connectivity index (χ4n) is 3.28. The number of aromatic nitrogens is 2. The van der Waals surface area contributed by atoms with E-state index in [0.29, 0.717) is 17.3 Å². The molecule has 1 aromatic carbocycles. The highest BCUT2D eigenvalue weighted by Crippen LogP contribution is 2.37. The van der Waals surface area contributed by atoms with Crippen LogP contribution in [0.5, 0.6) is 0 Å². The number of aryl methyl sites for hydroxylation is 1. The first-order valence-corrected chi connectivity index (χ1v) is 9.74. The number of amides is 1. The lowest BCUT2D eigenvalue weighted by molar-refractivity contribution is -0.119. The Morgan fingerprint density at radius 3 is 2.46 bits per heavy atom. The van der Waals surface area contributed by atoms with Gasteiger partial charge in [-0.3, -0.25) is 4.79 Å². The number of carbonyl (C=O) groups is 1. The largest absolute Gasteiger partial charge is 0.446 e. The van der Waals surface area contributed by atoms with E-state index < -0.39 is 11.0 Å². The number of benzene rings is 1. The Kier molecular flexibility index (Phi) is 6.12. The first-order valence-electron chi connectivity index (χ1n) is 8.93. The molecule has 0 saturated heterocycles. The lowest BCUT2D eigenvalue weighted by Gasteiger charge is -2.34. The third-order valence-corrected chi connectivity index (χ3v) is 5.31. The minimum Gasteiger partial charge on any atom is -0.340 e. The van der Waals surface area contributed by atoms with Gasteiger partial charge in [-0.05, 0) is 48.4 Å². The maximum absolute atomic E-state index is 12.5. The molecule has 2 aromatic rings. The lowest BCUT2D eigenvalue weighted by Crippen LogP contribution is -2.47. The van der Waals surface area contributed by atoms with E-state index in [1.807, 2.05) is 0 Å². The van der Waals surface area contributed by atoms with Crippen LogP contribution in [0.3, 0.4) is 0 Å². The molecule has 150 valence electrons. The topological polar surface area (TPSA) is 68.0 Å². The van der Waals surface area contributed by atoms with Gasteiger partial charge in [-0.1, -0.05) is 36.6 Å². The highest BCUT2D eigenvalue weighted by Gasteiger charge is 2.39. The first-order chi connectivity index (χ1) is 13.3. The summed E-state index contributed by atoms with van der Waals surface area (Å²) < 4.78 is 42.2. The second kappa shape index (κ2) is 8.38. The van der Waals surface area contributed by atoms with Crippen LogP contribution in [0.4, 0.5) is 13.2 Å². The zero-order valence-corrected chi connectivity index (χ0v) is 16.1. The van der Waals surface area contributed by atoms with Crippen molar-refractivity contribution in [2.75, 3.05) is 0 Å². The summed E-state index contributed by atoms with van der Waals surface area (Å²) in [5, 5.41) is 7.01. The van der Waals surface area contributed by atoms with E-state index in [2.05, 4.69) is 15.5 Å². The van der Waals surface area contributed by atoms with Crippen molar-refractivity contribution >= 4 is 23.7 Å². The van der Waals surface area contributed by atoms with Crippen molar-refractivity contribution in [1.29, 1.82) is 0 Å². The van der Waals surface area contributed by atoms with Crippen molar-refractivity contribution in [1.82, 2.24) is 15.5 Å². The third kappa shape index (κ3) is 5.37. The Hall–Kier alpha value is -2.29. The molecule has 3 rings (SSSR count). The number of alkyl halides is 3. The van der Waals surface area contributed by atoms with Crippen LogP contribution >= 0.6 is 11.8 Å². The monoisotopic (exact) mass is 411 g/mol. The lowest BCUT2D eigenvalue weighted by atomic mass is 9.81. The number of nitrogens with zero attached hydrogens (tertiary/aromatic N) is 2. The number of hydrogen-bond donors (Lipinski definition) is 1. The Morgan fingerprint density at radius 1 is 1.21 bits per heavy atom. The second-order valence-corrected chi connectivity index (χ2v) is 7.86. The van der Waals surface area contributed by atoms with Gasteiger partial charge in [0.15, 0.2) is 5.82 Å². The van der Waals surface area contributed by atoms with Crippen LogP contribution in [0, 0.1) is 6.92 Å². The van der Waals surface area contributed by atoms with E-state index in [-0.39, 0.29) is 22.6 Å². The number of hydrogen-bond acceptors (Lipinski definition) is 5. The van der Waals surface area contributed by atoms with E-state index >= 15 is 0 Å². The molecule has 5 nitrogen and oxygen atoms in total. The molecule has 0 spiro atoms. The highest BCUT2D eigenvalue weighted by molar-refractivity contribution is 8.00. The Bertz CT molecular complexity index is 841. The van der Waals surface area contributed by atoms with Crippen LogP contribution in [-0.2, 0) is 10.3 Å². The van der Waals surface area contributed by atoms with Crippen LogP contribution in [0.25, 0.3) is 6.08 Å². The van der Waals surface area contributed by atoms with Gasteiger partial charge in [0.2, 0.25) is 11.8 Å². The van der Waals surface area contributed by atoms with Gasteiger partial charge >= 0.3 is 5.51 Å². The summed E-state index contributed by atoms with van der Waals surface area (Å²) in [7, 11) is 0. The van der Waals surface area contributed by atoms with E-state index in [1.165, 1.54) is 30.3 Å². The average molecular weight is 411 g/mol. The van der Waals surface area contributed by atoms with Crippen molar-refractivity contribution in [2.45, 2.75) is 55.0 Å². The van der Waals surface area contributed by atoms with E-state index in [0.717, 1.165) is 32.1 Å². The van der Waals surface area contributed by atoms with E-state index in [9.17, 15) is 18.0 Å². The van der Waals surface area contributed by atoms with Crippen molar-refractivity contribution < 1.29 is 22.5 Å². The fourth-order valence-corrected chi connectivity index (χ4v) is 3.82. The summed E-state index contributed by atoms with van der Waals surface area (Å²) in [6.45, 7) is 1.70. The van der Waals surface area contributed by atoms with Crippen molar-refractivity contribution in [3.63, 3.8) is 0 Å². The van der Waals surface area contributed by atoms with Gasteiger partial charge in [0.25, 0.3) is 0 Å². The van der Waals surface area contributed by atoms with Gasteiger partial charge in [0.1, 0.15) is 5.54 Å². The van der Waals surface area contributed by atoms with Crippen LogP contribution in [0.1, 0.15) is 49.4 Å². The third-order valence-electron chi connectivity index (χ3n) is 4.57. The molecule has 1 saturated carbocycles. The molecule has 0 unspecified atom stereocenters. The van der Waals surface area contributed by atoms with Crippen LogP contribution in [-0.4, -0.2) is 21.6 Å². The first kappa shape index (κ1) is 20.4. The van der Waals surface area contributed by atoms with Gasteiger partial charge in [-0.15, -0.1) is 0 Å². The molecule has 0 bridgehead atoms. The standard InChI is InChI=1S/C19H20F3N3O2S/c1-13-23-17(25-27-13)18(11-3-2-4-12-18)24-16(26)10-7-14-5-8-15(9-6-14)28-19(20,21)22/h5-10H,2-4,11-12H2,1H3,(H,24,26). The number of halogens is 3. The SMILES string of the molecule is Cc1nc(C2(NC(=O)C=Cc3ccc(SC(F)(F)F)cc3)CCCCC2)no1. The minimum absolute atomic E-state index is 0.0998. The average Bonchev–Trinajstić information content (AvgIpc) is 3.08. The van der Waals surface area contributed by atoms with Crippen molar-refractivity contribution in [3.8, 4) is 0 Å². The molecule has 1 fully saturated rings. The predicted molar refractivity (Wildman–Crippen MR) is 99.3 cm³/mol. The van der Waals surface area contributed by atoms with Crippen LogP contribution in [0.15, 0.2) is 39.8 Å². The molecule has 1 heterocycles. The number of thioether (sulfide) groups is 1. The van der Waals surface area contributed by atoms with Crippen molar-refractivity contribution in [2.24, 2.45) is 0 Å². The fraction of sp³-hybridized carbons (Fsp3) is 0.421. The molecule has 1 aliphatic carbocycles. The van der Waals surface area contributed by atoms with Crippen molar-refractivity contribution in [3.05, 3.63) is 47.6 Å².